The highest BCUT2D eigenvalue weighted by atomic mass is 19.1. The first-order chi connectivity index (χ1) is 12.0. The fraction of sp³-hybridized carbons (Fsp3) is 0.111. The molecule has 1 aromatic heterocycles. The van der Waals surface area contributed by atoms with Gasteiger partial charge >= 0.3 is 0 Å². The van der Waals surface area contributed by atoms with Gasteiger partial charge in [0.1, 0.15) is 11.6 Å². The van der Waals surface area contributed by atoms with Gasteiger partial charge in [0.2, 0.25) is 0 Å². The lowest BCUT2D eigenvalue weighted by Gasteiger charge is -2.09. The van der Waals surface area contributed by atoms with Gasteiger partial charge in [-0.3, -0.25) is 10.1 Å². The molecule has 0 radical (unpaired) electrons. The molecular weight excluding hydrogens is 323 g/mol. The monoisotopic (exact) mass is 336 g/mol. The van der Waals surface area contributed by atoms with Gasteiger partial charge in [0.05, 0.1) is 22.1 Å². The van der Waals surface area contributed by atoms with Gasteiger partial charge in [-0.05, 0) is 36.2 Å². The molecule has 0 aliphatic carbocycles. The lowest BCUT2D eigenvalue weighted by molar-refractivity contribution is -0.384. The van der Waals surface area contributed by atoms with E-state index in [1.807, 2.05) is 6.07 Å². The van der Waals surface area contributed by atoms with Crippen LogP contribution >= 0.6 is 0 Å². The average Bonchev–Trinajstić information content (AvgIpc) is 2.61. The van der Waals surface area contributed by atoms with Crippen LogP contribution in [0.2, 0.25) is 0 Å². The number of pyridine rings is 1. The number of nitrogens with zero attached hydrogens (tertiary/aromatic N) is 3. The number of hydrogen-bond donors (Lipinski definition) is 1. The van der Waals surface area contributed by atoms with Crippen molar-refractivity contribution in [3.8, 4) is 6.07 Å². The number of hydrogen-bond acceptors (Lipinski definition) is 5. The SMILES string of the molecule is Cc1cc(CNc2cc(C#N)c3cc([N+](=O)[O-])ccc3n2)ccc1F. The highest BCUT2D eigenvalue weighted by Gasteiger charge is 2.11. The number of aryl methyl sites for hydroxylation is 1. The van der Waals surface area contributed by atoms with Gasteiger partial charge in [-0.25, -0.2) is 9.37 Å². The van der Waals surface area contributed by atoms with Crippen LogP contribution < -0.4 is 5.32 Å². The molecule has 0 fully saturated rings. The van der Waals surface area contributed by atoms with Crippen molar-refractivity contribution in [2.75, 3.05) is 5.32 Å². The van der Waals surface area contributed by atoms with E-state index in [9.17, 15) is 19.8 Å². The van der Waals surface area contributed by atoms with E-state index in [1.54, 1.807) is 25.1 Å². The summed E-state index contributed by atoms with van der Waals surface area (Å²) < 4.78 is 13.3. The fourth-order valence-corrected chi connectivity index (χ4v) is 2.52. The number of nitrogens with one attached hydrogen (secondary N) is 1. The Labute approximate surface area is 142 Å². The Bertz CT molecular complexity index is 1030. The van der Waals surface area contributed by atoms with Crippen molar-refractivity contribution in [3.05, 3.63) is 75.1 Å². The van der Waals surface area contributed by atoms with Crippen LogP contribution in [0.15, 0.2) is 42.5 Å². The smallest absolute Gasteiger partial charge is 0.270 e. The number of nitriles is 1. The second-order valence-corrected chi connectivity index (χ2v) is 5.56. The summed E-state index contributed by atoms with van der Waals surface area (Å²) in [6.07, 6.45) is 0. The van der Waals surface area contributed by atoms with Crippen LogP contribution in [0.25, 0.3) is 10.9 Å². The molecule has 1 N–H and O–H groups in total. The van der Waals surface area contributed by atoms with Crippen LogP contribution in [0.3, 0.4) is 0 Å². The van der Waals surface area contributed by atoms with E-state index in [4.69, 9.17) is 0 Å². The molecule has 0 aliphatic rings. The summed E-state index contributed by atoms with van der Waals surface area (Å²) in [6, 6.07) is 12.6. The normalized spacial score (nSPS) is 10.4. The summed E-state index contributed by atoms with van der Waals surface area (Å²) in [4.78, 5) is 14.8. The molecule has 7 heteroatoms. The standard InChI is InChI=1S/C18H13FN4O2/c1-11-6-12(2-4-16(11)19)10-21-18-7-13(9-20)15-8-14(23(24)25)3-5-17(15)22-18/h2-8H,10H2,1H3,(H,21,22). The fourth-order valence-electron chi connectivity index (χ4n) is 2.52. The minimum atomic E-state index is -0.510. The molecule has 0 saturated carbocycles. The summed E-state index contributed by atoms with van der Waals surface area (Å²) >= 11 is 0. The second kappa shape index (κ2) is 6.53. The highest BCUT2D eigenvalue weighted by Crippen LogP contribution is 2.25. The first kappa shape index (κ1) is 16.3. The number of non-ortho nitro benzene ring substituents is 1. The number of nitro benzene ring substituents is 1. The average molecular weight is 336 g/mol. The van der Waals surface area contributed by atoms with Gasteiger partial charge in [-0.1, -0.05) is 12.1 Å². The van der Waals surface area contributed by atoms with Crippen LogP contribution in [0.4, 0.5) is 15.9 Å². The van der Waals surface area contributed by atoms with Crippen LogP contribution in [-0.4, -0.2) is 9.91 Å². The summed E-state index contributed by atoms with van der Waals surface area (Å²) in [5.41, 5.74) is 2.13. The summed E-state index contributed by atoms with van der Waals surface area (Å²) in [7, 11) is 0. The Kier molecular flexibility index (Phi) is 4.27. The quantitative estimate of drug-likeness (QED) is 0.572. The highest BCUT2D eigenvalue weighted by molar-refractivity contribution is 5.88. The molecule has 3 rings (SSSR count). The number of rotatable bonds is 4. The van der Waals surface area contributed by atoms with Crippen LogP contribution in [0.5, 0.6) is 0 Å². The number of benzene rings is 2. The zero-order chi connectivity index (χ0) is 18.0. The van der Waals surface area contributed by atoms with Gasteiger partial charge in [-0.15, -0.1) is 0 Å². The molecule has 6 nitrogen and oxygen atoms in total. The first-order valence-electron chi connectivity index (χ1n) is 7.46. The van der Waals surface area contributed by atoms with E-state index >= 15 is 0 Å². The predicted molar refractivity (Wildman–Crippen MR) is 91.6 cm³/mol. The molecular formula is C18H13FN4O2. The maximum absolute atomic E-state index is 13.3. The van der Waals surface area contributed by atoms with Crippen molar-refractivity contribution >= 4 is 22.4 Å². The number of nitro groups is 1. The Morgan fingerprint density at radius 2 is 2.08 bits per heavy atom. The molecule has 3 aromatic rings. The summed E-state index contributed by atoms with van der Waals surface area (Å²) in [5, 5.41) is 23.7. The molecule has 1 heterocycles. The molecule has 2 aromatic carbocycles. The van der Waals surface area contributed by atoms with E-state index in [0.717, 1.165) is 5.56 Å². The van der Waals surface area contributed by atoms with E-state index in [-0.39, 0.29) is 11.5 Å². The van der Waals surface area contributed by atoms with Crippen molar-refractivity contribution in [1.29, 1.82) is 5.26 Å². The molecule has 0 unspecified atom stereocenters. The van der Waals surface area contributed by atoms with Crippen LogP contribution in [0.1, 0.15) is 16.7 Å². The van der Waals surface area contributed by atoms with Gasteiger partial charge in [0.15, 0.2) is 0 Å². The Balaban J connectivity index is 1.92. The lowest BCUT2D eigenvalue weighted by atomic mass is 10.1. The predicted octanol–water partition coefficient (Wildman–Crippen LogP) is 4.07. The third-order valence-electron chi connectivity index (χ3n) is 3.82. The molecule has 0 saturated heterocycles. The van der Waals surface area contributed by atoms with Gasteiger partial charge in [0, 0.05) is 24.1 Å². The number of halogens is 1. The van der Waals surface area contributed by atoms with Crippen LogP contribution in [0, 0.1) is 34.2 Å². The van der Waals surface area contributed by atoms with Gasteiger partial charge < -0.3 is 5.32 Å². The van der Waals surface area contributed by atoms with Crippen molar-refractivity contribution < 1.29 is 9.31 Å². The van der Waals surface area contributed by atoms with E-state index < -0.39 is 4.92 Å². The van der Waals surface area contributed by atoms with Gasteiger partial charge in [-0.2, -0.15) is 5.26 Å². The Morgan fingerprint density at radius 3 is 2.76 bits per heavy atom. The van der Waals surface area contributed by atoms with Gasteiger partial charge in [0.25, 0.3) is 5.69 Å². The number of anilines is 1. The topological polar surface area (TPSA) is 91.8 Å². The Hall–Kier alpha value is -3.53. The molecule has 0 amide bonds. The molecule has 124 valence electrons. The molecule has 0 aliphatic heterocycles. The van der Waals surface area contributed by atoms with Crippen LogP contribution in [-0.2, 0) is 6.54 Å². The first-order valence-corrected chi connectivity index (χ1v) is 7.46. The van der Waals surface area contributed by atoms with Crippen molar-refractivity contribution in [2.24, 2.45) is 0 Å². The molecule has 25 heavy (non-hydrogen) atoms. The summed E-state index contributed by atoms with van der Waals surface area (Å²) in [6.45, 7) is 2.10. The molecule has 0 spiro atoms. The summed E-state index contributed by atoms with van der Waals surface area (Å²) in [5.74, 6) is 0.209. The Morgan fingerprint density at radius 1 is 1.28 bits per heavy atom. The van der Waals surface area contributed by atoms with Crippen molar-refractivity contribution in [1.82, 2.24) is 4.98 Å². The zero-order valence-electron chi connectivity index (χ0n) is 13.3. The minimum absolute atomic E-state index is 0.0895. The number of fused-ring (bicyclic) bond motifs is 1. The third-order valence-corrected chi connectivity index (χ3v) is 3.82. The molecule has 0 atom stereocenters. The maximum atomic E-state index is 13.3. The van der Waals surface area contributed by atoms with E-state index in [1.165, 1.54) is 24.3 Å². The van der Waals surface area contributed by atoms with Crippen molar-refractivity contribution in [3.63, 3.8) is 0 Å². The number of aromatic nitrogens is 1. The lowest BCUT2D eigenvalue weighted by Crippen LogP contribution is -2.03. The molecule has 0 bridgehead atoms. The second-order valence-electron chi connectivity index (χ2n) is 5.56. The maximum Gasteiger partial charge on any atom is 0.270 e. The third kappa shape index (κ3) is 3.38. The zero-order valence-corrected chi connectivity index (χ0v) is 13.3. The van der Waals surface area contributed by atoms with E-state index in [0.29, 0.717) is 34.4 Å². The van der Waals surface area contributed by atoms with Crippen molar-refractivity contribution in [2.45, 2.75) is 13.5 Å². The largest absolute Gasteiger partial charge is 0.366 e. The van der Waals surface area contributed by atoms with E-state index in [2.05, 4.69) is 10.3 Å². The minimum Gasteiger partial charge on any atom is -0.366 e.